The summed E-state index contributed by atoms with van der Waals surface area (Å²) in [6.45, 7) is 7.27. The Hall–Kier alpha value is -2.73. The lowest BCUT2D eigenvalue weighted by atomic mass is 9.96. The molecule has 3 nitrogen and oxygen atoms in total. The monoisotopic (exact) mass is 333 g/mol. The molecule has 0 spiro atoms. The molecule has 2 aromatic rings. The van der Waals surface area contributed by atoms with E-state index in [1.54, 1.807) is 0 Å². The number of carbonyl (C=O) groups is 1. The third-order valence-corrected chi connectivity index (χ3v) is 4.22. The number of nitrogens with one attached hydrogen (secondary N) is 1. The van der Waals surface area contributed by atoms with Crippen LogP contribution in [0.15, 0.2) is 30.3 Å². The number of ether oxygens (including phenoxy) is 1. The maximum Gasteiger partial charge on any atom is 0.338 e. The Kier molecular flexibility index (Phi) is 5.09. The highest BCUT2D eigenvalue weighted by Crippen LogP contribution is 2.28. The third kappa shape index (κ3) is 4.03. The van der Waals surface area contributed by atoms with Gasteiger partial charge in [0, 0.05) is 17.7 Å². The van der Waals surface area contributed by atoms with Crippen molar-refractivity contribution < 1.29 is 9.53 Å². The second kappa shape index (κ2) is 7.44. The fourth-order valence-corrected chi connectivity index (χ4v) is 3.22. The van der Waals surface area contributed by atoms with E-state index in [4.69, 9.17) is 4.74 Å². The van der Waals surface area contributed by atoms with Crippen LogP contribution in [0.5, 0.6) is 0 Å². The first kappa shape index (κ1) is 17.1. The van der Waals surface area contributed by atoms with Crippen LogP contribution in [0.1, 0.15) is 51.5 Å². The molecule has 0 amide bonds. The number of hydrogen-bond acceptors (Lipinski definition) is 3. The molecule has 2 aromatic carbocycles. The summed E-state index contributed by atoms with van der Waals surface area (Å²) in [4.78, 5) is 12.2. The minimum absolute atomic E-state index is 0.287. The molecular formula is C22H23NO2. The van der Waals surface area contributed by atoms with E-state index in [2.05, 4.69) is 49.2 Å². The van der Waals surface area contributed by atoms with Gasteiger partial charge in [0.2, 0.25) is 0 Å². The minimum atomic E-state index is -0.287. The number of rotatable bonds is 2. The summed E-state index contributed by atoms with van der Waals surface area (Å²) in [5.41, 5.74) is 7.02. The third-order valence-electron chi connectivity index (χ3n) is 4.22. The zero-order chi connectivity index (χ0) is 17.8. The van der Waals surface area contributed by atoms with Crippen LogP contribution in [0.3, 0.4) is 0 Å². The molecule has 25 heavy (non-hydrogen) atoms. The van der Waals surface area contributed by atoms with Gasteiger partial charge in [-0.2, -0.15) is 0 Å². The molecule has 1 aliphatic heterocycles. The van der Waals surface area contributed by atoms with Crippen LogP contribution in [0.2, 0.25) is 0 Å². The van der Waals surface area contributed by atoms with Gasteiger partial charge in [0.05, 0.1) is 17.9 Å². The first-order valence-corrected chi connectivity index (χ1v) is 8.75. The molecule has 0 aliphatic carbocycles. The van der Waals surface area contributed by atoms with Gasteiger partial charge in [0.15, 0.2) is 0 Å². The van der Waals surface area contributed by atoms with Crippen LogP contribution in [-0.2, 0) is 11.2 Å². The largest absolute Gasteiger partial charge is 0.462 e. The van der Waals surface area contributed by atoms with Gasteiger partial charge >= 0.3 is 5.97 Å². The van der Waals surface area contributed by atoms with Crippen LogP contribution in [0.25, 0.3) is 0 Å². The lowest BCUT2D eigenvalue weighted by Gasteiger charge is -2.20. The molecule has 0 bridgehead atoms. The molecule has 0 atom stereocenters. The Labute approximate surface area is 149 Å². The first-order valence-electron chi connectivity index (χ1n) is 8.75. The molecule has 1 heterocycles. The second-order valence-electron chi connectivity index (χ2n) is 6.44. The summed E-state index contributed by atoms with van der Waals surface area (Å²) in [7, 11) is 0. The number of carbonyl (C=O) groups excluding carboxylic acids is 1. The van der Waals surface area contributed by atoms with Crippen molar-refractivity contribution in [3.8, 4) is 11.8 Å². The first-order chi connectivity index (χ1) is 12.1. The van der Waals surface area contributed by atoms with E-state index >= 15 is 0 Å². The number of anilines is 1. The Morgan fingerprint density at radius 1 is 1.12 bits per heavy atom. The van der Waals surface area contributed by atoms with Crippen molar-refractivity contribution in [2.75, 3.05) is 18.5 Å². The van der Waals surface area contributed by atoms with E-state index in [0.717, 1.165) is 41.8 Å². The number of benzene rings is 2. The predicted octanol–water partition coefficient (Wildman–Crippen LogP) is 4.24. The van der Waals surface area contributed by atoms with Gasteiger partial charge in [-0.1, -0.05) is 17.9 Å². The minimum Gasteiger partial charge on any atom is -0.462 e. The van der Waals surface area contributed by atoms with E-state index in [1.165, 1.54) is 11.1 Å². The molecule has 3 rings (SSSR count). The summed E-state index contributed by atoms with van der Waals surface area (Å²) < 4.78 is 5.16. The van der Waals surface area contributed by atoms with Gasteiger partial charge < -0.3 is 10.1 Å². The molecule has 0 saturated carbocycles. The number of esters is 1. The lowest BCUT2D eigenvalue weighted by molar-refractivity contribution is 0.0526. The molecule has 0 radical (unpaired) electrons. The van der Waals surface area contributed by atoms with Crippen LogP contribution in [0, 0.1) is 25.7 Å². The average Bonchev–Trinajstić information content (AvgIpc) is 2.59. The second-order valence-corrected chi connectivity index (χ2v) is 6.44. The summed E-state index contributed by atoms with van der Waals surface area (Å²) in [5.74, 6) is 6.22. The zero-order valence-electron chi connectivity index (χ0n) is 15.0. The molecule has 3 heteroatoms. The molecule has 0 fully saturated rings. The topological polar surface area (TPSA) is 38.3 Å². The molecule has 0 unspecified atom stereocenters. The standard InChI is InChI=1S/C22H23NO2/c1-4-25-22(24)20-13-18-6-5-9-23-21(18)19(14-20)8-7-17-11-15(2)10-16(3)12-17/h10-14,23H,4-6,9H2,1-3H3. The van der Waals surface area contributed by atoms with Crippen molar-refractivity contribution in [2.24, 2.45) is 0 Å². The van der Waals surface area contributed by atoms with Crippen molar-refractivity contribution in [3.05, 3.63) is 63.7 Å². The van der Waals surface area contributed by atoms with E-state index < -0.39 is 0 Å². The number of aryl methyl sites for hydroxylation is 3. The normalized spacial score (nSPS) is 12.4. The Bertz CT molecular complexity index is 851. The van der Waals surface area contributed by atoms with Crippen LogP contribution in [0.4, 0.5) is 5.69 Å². The zero-order valence-corrected chi connectivity index (χ0v) is 15.0. The molecular weight excluding hydrogens is 310 g/mol. The fourth-order valence-electron chi connectivity index (χ4n) is 3.22. The predicted molar refractivity (Wildman–Crippen MR) is 101 cm³/mol. The van der Waals surface area contributed by atoms with E-state index in [0.29, 0.717) is 12.2 Å². The molecule has 1 aliphatic rings. The van der Waals surface area contributed by atoms with Gasteiger partial charge in [0.25, 0.3) is 0 Å². The number of hydrogen-bond donors (Lipinski definition) is 1. The van der Waals surface area contributed by atoms with Crippen LogP contribution in [-0.4, -0.2) is 19.1 Å². The van der Waals surface area contributed by atoms with Crippen molar-refractivity contribution in [3.63, 3.8) is 0 Å². The Morgan fingerprint density at radius 3 is 2.60 bits per heavy atom. The van der Waals surface area contributed by atoms with E-state index in [-0.39, 0.29) is 5.97 Å². The highest BCUT2D eigenvalue weighted by Gasteiger charge is 2.17. The average molecular weight is 333 g/mol. The van der Waals surface area contributed by atoms with E-state index in [1.807, 2.05) is 19.1 Å². The van der Waals surface area contributed by atoms with Gasteiger partial charge in [-0.15, -0.1) is 0 Å². The summed E-state index contributed by atoms with van der Waals surface area (Å²) in [6.07, 6.45) is 2.01. The smallest absolute Gasteiger partial charge is 0.338 e. The van der Waals surface area contributed by atoms with Gasteiger partial charge in [-0.25, -0.2) is 4.79 Å². The van der Waals surface area contributed by atoms with Gasteiger partial charge in [0.1, 0.15) is 0 Å². The lowest BCUT2D eigenvalue weighted by Crippen LogP contribution is -2.15. The SMILES string of the molecule is CCOC(=O)c1cc(C#Cc2cc(C)cc(C)c2)c2c(c1)CCCN2. The maximum atomic E-state index is 12.2. The van der Waals surface area contributed by atoms with Crippen molar-refractivity contribution in [1.82, 2.24) is 0 Å². The van der Waals surface area contributed by atoms with Crippen molar-refractivity contribution in [1.29, 1.82) is 0 Å². The van der Waals surface area contributed by atoms with Crippen LogP contribution >= 0.6 is 0 Å². The van der Waals surface area contributed by atoms with Crippen LogP contribution < -0.4 is 5.32 Å². The Morgan fingerprint density at radius 2 is 1.88 bits per heavy atom. The molecule has 0 aromatic heterocycles. The molecule has 0 saturated heterocycles. The van der Waals surface area contributed by atoms with Gasteiger partial charge in [-0.05, 0) is 74.6 Å². The number of fused-ring (bicyclic) bond motifs is 1. The maximum absolute atomic E-state index is 12.2. The van der Waals surface area contributed by atoms with Crippen molar-refractivity contribution >= 4 is 11.7 Å². The highest BCUT2D eigenvalue weighted by atomic mass is 16.5. The summed E-state index contributed by atoms with van der Waals surface area (Å²) >= 11 is 0. The summed E-state index contributed by atoms with van der Waals surface area (Å²) in [6, 6.07) is 10.1. The highest BCUT2D eigenvalue weighted by molar-refractivity contribution is 5.91. The van der Waals surface area contributed by atoms with Gasteiger partial charge in [-0.3, -0.25) is 0 Å². The Balaban J connectivity index is 2.04. The van der Waals surface area contributed by atoms with Crippen molar-refractivity contribution in [2.45, 2.75) is 33.6 Å². The summed E-state index contributed by atoms with van der Waals surface area (Å²) in [5, 5.41) is 3.43. The van der Waals surface area contributed by atoms with E-state index in [9.17, 15) is 4.79 Å². The quantitative estimate of drug-likeness (QED) is 0.660. The molecule has 128 valence electrons. The molecule has 1 N–H and O–H groups in total. The fraction of sp³-hybridized carbons (Fsp3) is 0.318.